The van der Waals surface area contributed by atoms with E-state index in [0.29, 0.717) is 34.5 Å². The zero-order valence-corrected chi connectivity index (χ0v) is 19.5. The average molecular weight is 478 g/mol. The van der Waals surface area contributed by atoms with Crippen LogP contribution in [0.2, 0.25) is 0 Å². The van der Waals surface area contributed by atoms with Crippen LogP contribution in [0.3, 0.4) is 0 Å². The van der Waals surface area contributed by atoms with E-state index in [9.17, 15) is 17.6 Å². The van der Waals surface area contributed by atoms with Crippen molar-refractivity contribution in [2.75, 3.05) is 36.4 Å². The largest absolute Gasteiger partial charge is 0.419 e. The highest BCUT2D eigenvalue weighted by molar-refractivity contribution is 5.88. The van der Waals surface area contributed by atoms with Gasteiger partial charge in [0.2, 0.25) is 0 Å². The molecule has 0 saturated carbocycles. The highest BCUT2D eigenvalue weighted by atomic mass is 19.4. The number of alkyl halides is 3. The molecule has 1 atom stereocenters. The van der Waals surface area contributed by atoms with Crippen LogP contribution < -0.4 is 10.2 Å². The van der Waals surface area contributed by atoms with Gasteiger partial charge in [-0.3, -0.25) is 4.90 Å². The van der Waals surface area contributed by atoms with Gasteiger partial charge in [0.05, 0.1) is 17.0 Å². The van der Waals surface area contributed by atoms with Crippen LogP contribution in [-0.2, 0) is 6.18 Å². The first kappa shape index (κ1) is 24.1. The minimum Gasteiger partial charge on any atom is -0.363 e. The predicted molar refractivity (Wildman–Crippen MR) is 122 cm³/mol. The van der Waals surface area contributed by atoms with Crippen molar-refractivity contribution in [3.8, 4) is 0 Å². The molecular weight excluding hydrogens is 450 g/mol. The lowest BCUT2D eigenvalue weighted by Crippen LogP contribution is -2.49. The van der Waals surface area contributed by atoms with Crippen molar-refractivity contribution in [2.24, 2.45) is 0 Å². The number of halogens is 4. The van der Waals surface area contributed by atoms with Crippen LogP contribution in [0, 0.1) is 12.7 Å². The number of nitrogens with one attached hydrogen (secondary N) is 1. The molecule has 1 aliphatic rings. The first-order valence-electron chi connectivity index (χ1n) is 11.2. The number of aromatic nitrogens is 4. The Morgan fingerprint density at radius 3 is 2.35 bits per heavy atom. The Hall–Kier alpha value is -3.08. The fourth-order valence-corrected chi connectivity index (χ4v) is 4.15. The minimum absolute atomic E-state index is 0.105. The molecule has 2 aromatic heterocycles. The number of anilines is 2. The second-order valence-electron chi connectivity index (χ2n) is 8.75. The van der Waals surface area contributed by atoms with E-state index in [-0.39, 0.29) is 5.56 Å². The Kier molecular flexibility index (Phi) is 6.57. The molecule has 4 rings (SSSR count). The standard InChI is InChI=1S/C23H27F4N7/c1-13(2)33-8-10-34(11-9-33)19-12-17-21(29-15(4)30-22(17)32-31-19)28-14(3)16-6-5-7-18(20(16)24)23(25,26)27/h5-7,12-14H,8-11H2,1-4H3,(H,28,29,30,32). The maximum absolute atomic E-state index is 14.7. The Morgan fingerprint density at radius 2 is 1.71 bits per heavy atom. The number of fused-ring (bicyclic) bond motifs is 1. The van der Waals surface area contributed by atoms with Crippen LogP contribution in [0.4, 0.5) is 29.2 Å². The molecular formula is C23H27F4N7. The number of hydrogen-bond acceptors (Lipinski definition) is 7. The van der Waals surface area contributed by atoms with Crippen LogP contribution in [-0.4, -0.2) is 57.3 Å². The molecule has 0 spiro atoms. The first-order valence-corrected chi connectivity index (χ1v) is 11.2. The summed E-state index contributed by atoms with van der Waals surface area (Å²) in [6, 6.07) is 4.77. The van der Waals surface area contributed by atoms with Gasteiger partial charge in [-0.25, -0.2) is 14.4 Å². The van der Waals surface area contributed by atoms with E-state index < -0.39 is 23.6 Å². The number of benzene rings is 1. The van der Waals surface area contributed by atoms with Crippen molar-refractivity contribution in [3.05, 3.63) is 47.0 Å². The molecule has 0 aliphatic carbocycles. The van der Waals surface area contributed by atoms with Gasteiger partial charge in [-0.1, -0.05) is 12.1 Å². The molecule has 3 aromatic rings. The van der Waals surface area contributed by atoms with E-state index in [2.05, 4.69) is 49.1 Å². The van der Waals surface area contributed by atoms with E-state index >= 15 is 0 Å². The molecule has 0 bridgehead atoms. The van der Waals surface area contributed by atoms with Crippen LogP contribution in [0.15, 0.2) is 24.3 Å². The molecule has 1 unspecified atom stereocenters. The fourth-order valence-electron chi connectivity index (χ4n) is 4.15. The van der Waals surface area contributed by atoms with Crippen molar-refractivity contribution >= 4 is 22.7 Å². The number of rotatable bonds is 5. The smallest absolute Gasteiger partial charge is 0.363 e. The number of aryl methyl sites for hydroxylation is 1. The second-order valence-corrected chi connectivity index (χ2v) is 8.75. The summed E-state index contributed by atoms with van der Waals surface area (Å²) in [7, 11) is 0. The van der Waals surface area contributed by atoms with E-state index in [1.54, 1.807) is 13.8 Å². The lowest BCUT2D eigenvalue weighted by atomic mass is 10.0. The van der Waals surface area contributed by atoms with Gasteiger partial charge in [0.25, 0.3) is 0 Å². The fraction of sp³-hybridized carbons (Fsp3) is 0.478. The Balaban J connectivity index is 1.65. The molecule has 1 aromatic carbocycles. The van der Waals surface area contributed by atoms with Crippen LogP contribution in [0.1, 0.15) is 43.8 Å². The quantitative estimate of drug-likeness (QED) is 0.539. The van der Waals surface area contributed by atoms with Gasteiger partial charge in [-0.15, -0.1) is 10.2 Å². The zero-order valence-electron chi connectivity index (χ0n) is 19.5. The van der Waals surface area contributed by atoms with Crippen molar-refractivity contribution in [3.63, 3.8) is 0 Å². The summed E-state index contributed by atoms with van der Waals surface area (Å²) >= 11 is 0. The maximum atomic E-state index is 14.7. The minimum atomic E-state index is -4.78. The third-order valence-corrected chi connectivity index (χ3v) is 6.08. The Morgan fingerprint density at radius 1 is 1.00 bits per heavy atom. The predicted octanol–water partition coefficient (Wildman–Crippen LogP) is 4.59. The van der Waals surface area contributed by atoms with Crippen LogP contribution >= 0.6 is 0 Å². The number of hydrogen-bond donors (Lipinski definition) is 1. The molecule has 182 valence electrons. The first-order chi connectivity index (χ1) is 16.0. The summed E-state index contributed by atoms with van der Waals surface area (Å²) in [6.07, 6.45) is -4.78. The number of piperazine rings is 1. The highest BCUT2D eigenvalue weighted by Gasteiger charge is 2.35. The molecule has 1 aliphatic heterocycles. The molecule has 1 fully saturated rings. The number of nitrogens with zero attached hydrogens (tertiary/aromatic N) is 6. The molecule has 0 radical (unpaired) electrons. The molecule has 1 N–H and O–H groups in total. The lowest BCUT2D eigenvalue weighted by molar-refractivity contribution is -0.140. The normalized spacial score (nSPS) is 16.3. The van der Waals surface area contributed by atoms with Crippen molar-refractivity contribution in [1.29, 1.82) is 0 Å². The second kappa shape index (κ2) is 9.28. The monoisotopic (exact) mass is 477 g/mol. The topological polar surface area (TPSA) is 70.1 Å². The maximum Gasteiger partial charge on any atom is 0.419 e. The van der Waals surface area contributed by atoms with Crippen molar-refractivity contribution in [1.82, 2.24) is 25.1 Å². The van der Waals surface area contributed by atoms with E-state index in [1.807, 2.05) is 6.07 Å². The molecule has 1 saturated heterocycles. The van der Waals surface area contributed by atoms with Gasteiger partial charge >= 0.3 is 6.18 Å². The van der Waals surface area contributed by atoms with Gasteiger partial charge in [0, 0.05) is 37.8 Å². The van der Waals surface area contributed by atoms with E-state index in [4.69, 9.17) is 0 Å². The van der Waals surface area contributed by atoms with Gasteiger partial charge in [0.15, 0.2) is 11.5 Å². The van der Waals surface area contributed by atoms with Gasteiger partial charge in [0.1, 0.15) is 17.5 Å². The third kappa shape index (κ3) is 4.89. The van der Waals surface area contributed by atoms with E-state index in [1.165, 1.54) is 12.1 Å². The summed E-state index contributed by atoms with van der Waals surface area (Å²) in [6.45, 7) is 11.0. The summed E-state index contributed by atoms with van der Waals surface area (Å²) < 4.78 is 54.2. The summed E-state index contributed by atoms with van der Waals surface area (Å²) in [4.78, 5) is 13.3. The summed E-state index contributed by atoms with van der Waals surface area (Å²) in [5, 5.41) is 12.2. The molecule has 34 heavy (non-hydrogen) atoms. The highest BCUT2D eigenvalue weighted by Crippen LogP contribution is 2.35. The van der Waals surface area contributed by atoms with Crippen molar-refractivity contribution < 1.29 is 17.6 Å². The van der Waals surface area contributed by atoms with Gasteiger partial charge in [-0.2, -0.15) is 13.2 Å². The zero-order chi connectivity index (χ0) is 24.6. The van der Waals surface area contributed by atoms with Crippen LogP contribution in [0.5, 0.6) is 0 Å². The van der Waals surface area contributed by atoms with Gasteiger partial charge in [-0.05, 0) is 39.8 Å². The van der Waals surface area contributed by atoms with Crippen LogP contribution in [0.25, 0.3) is 11.0 Å². The average Bonchev–Trinajstić information content (AvgIpc) is 2.78. The molecule has 0 amide bonds. The molecule has 3 heterocycles. The Labute approximate surface area is 195 Å². The van der Waals surface area contributed by atoms with Gasteiger partial charge < -0.3 is 10.2 Å². The third-order valence-electron chi connectivity index (χ3n) is 6.08. The summed E-state index contributed by atoms with van der Waals surface area (Å²) in [5.74, 6) is 0.154. The van der Waals surface area contributed by atoms with E-state index in [0.717, 1.165) is 32.2 Å². The van der Waals surface area contributed by atoms with Crippen molar-refractivity contribution in [2.45, 2.75) is 46.0 Å². The summed E-state index contributed by atoms with van der Waals surface area (Å²) in [5.41, 5.74) is -1.04. The molecule has 7 nitrogen and oxygen atoms in total. The SMILES string of the molecule is Cc1nc(NC(C)c2cccc(C(F)(F)F)c2F)c2cc(N3CCN(C(C)C)CC3)nnc2n1. The lowest BCUT2D eigenvalue weighted by Gasteiger charge is -2.37. The molecule has 11 heteroatoms. The Bertz CT molecular complexity index is 1170.